The van der Waals surface area contributed by atoms with Gasteiger partial charge in [0.15, 0.2) is 6.10 Å². The molecule has 2 aliphatic rings. The third-order valence-corrected chi connectivity index (χ3v) is 5.40. The van der Waals surface area contributed by atoms with Crippen molar-refractivity contribution in [2.75, 3.05) is 31.1 Å². The normalized spacial score (nSPS) is 21.1. The van der Waals surface area contributed by atoms with E-state index in [0.29, 0.717) is 36.1 Å². The standard InChI is InChI=1S/C21H22ClN3O3.ClH/c1-14-21(27)25(17-7-2-3-8-19(17)28-14)13-20(26)24-10-9-23-12-18(24)15-5-4-6-16(22)11-15;/h2-8,11,14,18,23H,9-10,12-13H2,1H3;1H. The Hall–Kier alpha value is -2.28. The van der Waals surface area contributed by atoms with Crippen molar-refractivity contribution in [1.82, 2.24) is 10.2 Å². The van der Waals surface area contributed by atoms with E-state index in [9.17, 15) is 9.59 Å². The van der Waals surface area contributed by atoms with E-state index in [2.05, 4.69) is 5.32 Å². The molecule has 1 N–H and O–H groups in total. The van der Waals surface area contributed by atoms with Gasteiger partial charge in [-0.05, 0) is 36.8 Å². The summed E-state index contributed by atoms with van der Waals surface area (Å²) in [7, 11) is 0. The summed E-state index contributed by atoms with van der Waals surface area (Å²) in [5, 5.41) is 3.98. The third kappa shape index (κ3) is 4.34. The quantitative estimate of drug-likeness (QED) is 0.804. The Morgan fingerprint density at radius 2 is 2.03 bits per heavy atom. The van der Waals surface area contributed by atoms with Crippen molar-refractivity contribution in [3.8, 4) is 5.75 Å². The van der Waals surface area contributed by atoms with E-state index >= 15 is 0 Å². The summed E-state index contributed by atoms with van der Waals surface area (Å²) < 4.78 is 5.66. The molecule has 154 valence electrons. The Labute approximate surface area is 181 Å². The number of ether oxygens (including phenoxy) is 1. The number of amides is 2. The molecule has 2 aliphatic heterocycles. The van der Waals surface area contributed by atoms with Gasteiger partial charge in [0.05, 0.1) is 11.7 Å². The fourth-order valence-electron chi connectivity index (χ4n) is 3.76. The molecule has 29 heavy (non-hydrogen) atoms. The number of nitrogens with zero attached hydrogens (tertiary/aromatic N) is 2. The lowest BCUT2D eigenvalue weighted by Gasteiger charge is -2.39. The van der Waals surface area contributed by atoms with Crippen LogP contribution in [0.3, 0.4) is 0 Å². The van der Waals surface area contributed by atoms with Gasteiger partial charge in [0.1, 0.15) is 12.3 Å². The first-order chi connectivity index (χ1) is 13.5. The molecule has 2 aromatic rings. The van der Waals surface area contributed by atoms with Crippen LogP contribution in [0.1, 0.15) is 18.5 Å². The van der Waals surface area contributed by atoms with E-state index in [-0.39, 0.29) is 36.8 Å². The molecule has 0 aromatic heterocycles. The second kappa shape index (κ2) is 9.03. The number of carbonyl (C=O) groups is 2. The summed E-state index contributed by atoms with van der Waals surface area (Å²) in [6.07, 6.45) is -0.616. The molecule has 2 unspecified atom stereocenters. The van der Waals surface area contributed by atoms with Gasteiger partial charge in [-0.25, -0.2) is 0 Å². The second-order valence-corrected chi connectivity index (χ2v) is 7.45. The first-order valence-electron chi connectivity index (χ1n) is 9.37. The van der Waals surface area contributed by atoms with E-state index in [1.54, 1.807) is 13.0 Å². The Morgan fingerprint density at radius 1 is 1.24 bits per heavy atom. The highest BCUT2D eigenvalue weighted by Gasteiger charge is 2.35. The van der Waals surface area contributed by atoms with Crippen molar-refractivity contribution in [3.05, 3.63) is 59.1 Å². The van der Waals surface area contributed by atoms with Crippen LogP contribution in [0.5, 0.6) is 5.75 Å². The number of rotatable bonds is 3. The van der Waals surface area contributed by atoms with Gasteiger partial charge in [-0.15, -0.1) is 12.4 Å². The minimum Gasteiger partial charge on any atom is -0.479 e. The van der Waals surface area contributed by atoms with Crippen LogP contribution in [-0.2, 0) is 9.59 Å². The Bertz CT molecular complexity index is 908. The number of benzene rings is 2. The van der Waals surface area contributed by atoms with E-state index in [0.717, 1.165) is 5.56 Å². The molecule has 1 saturated heterocycles. The van der Waals surface area contributed by atoms with Crippen LogP contribution in [0.2, 0.25) is 5.02 Å². The number of fused-ring (bicyclic) bond motifs is 1. The lowest BCUT2D eigenvalue weighted by atomic mass is 10.0. The highest BCUT2D eigenvalue weighted by molar-refractivity contribution is 6.30. The maximum Gasteiger partial charge on any atom is 0.268 e. The minimum absolute atomic E-state index is 0. The first kappa shape index (κ1) is 21.4. The molecule has 0 spiro atoms. The van der Waals surface area contributed by atoms with Gasteiger partial charge in [0, 0.05) is 24.7 Å². The van der Waals surface area contributed by atoms with Crippen molar-refractivity contribution < 1.29 is 14.3 Å². The van der Waals surface area contributed by atoms with Crippen molar-refractivity contribution in [2.45, 2.75) is 19.1 Å². The smallest absolute Gasteiger partial charge is 0.268 e. The van der Waals surface area contributed by atoms with Gasteiger partial charge >= 0.3 is 0 Å². The number of carbonyl (C=O) groups excluding carboxylic acids is 2. The maximum atomic E-state index is 13.2. The lowest BCUT2D eigenvalue weighted by Crippen LogP contribution is -2.54. The summed E-state index contributed by atoms with van der Waals surface area (Å²) in [6.45, 7) is 3.63. The summed E-state index contributed by atoms with van der Waals surface area (Å²) in [5.41, 5.74) is 1.61. The monoisotopic (exact) mass is 435 g/mol. The minimum atomic E-state index is -0.616. The van der Waals surface area contributed by atoms with E-state index in [1.165, 1.54) is 4.90 Å². The predicted octanol–water partition coefficient (Wildman–Crippen LogP) is 3.05. The van der Waals surface area contributed by atoms with E-state index in [1.807, 2.05) is 47.4 Å². The number of anilines is 1. The summed E-state index contributed by atoms with van der Waals surface area (Å²) in [5.74, 6) is 0.319. The molecule has 2 heterocycles. The SMILES string of the molecule is CC1Oc2ccccc2N(CC(=O)N2CCNCC2c2cccc(Cl)c2)C1=O.Cl. The molecule has 0 bridgehead atoms. The van der Waals surface area contributed by atoms with Crippen LogP contribution in [0, 0.1) is 0 Å². The largest absolute Gasteiger partial charge is 0.479 e. The van der Waals surface area contributed by atoms with Crippen molar-refractivity contribution in [2.24, 2.45) is 0 Å². The number of nitrogens with one attached hydrogen (secondary N) is 1. The van der Waals surface area contributed by atoms with Crippen LogP contribution in [0.4, 0.5) is 5.69 Å². The number of piperazine rings is 1. The third-order valence-electron chi connectivity index (χ3n) is 5.16. The zero-order chi connectivity index (χ0) is 19.7. The number of hydrogen-bond acceptors (Lipinski definition) is 4. The zero-order valence-corrected chi connectivity index (χ0v) is 17.6. The van der Waals surface area contributed by atoms with Gasteiger partial charge in [-0.3, -0.25) is 14.5 Å². The lowest BCUT2D eigenvalue weighted by molar-refractivity contribution is -0.135. The number of hydrogen-bond donors (Lipinski definition) is 1. The molecular weight excluding hydrogens is 413 g/mol. The molecule has 2 aromatic carbocycles. The fourth-order valence-corrected chi connectivity index (χ4v) is 3.96. The average Bonchev–Trinajstić information content (AvgIpc) is 2.71. The van der Waals surface area contributed by atoms with Gasteiger partial charge in [-0.1, -0.05) is 35.9 Å². The van der Waals surface area contributed by atoms with Crippen LogP contribution < -0.4 is 15.0 Å². The van der Waals surface area contributed by atoms with Crippen molar-refractivity contribution in [3.63, 3.8) is 0 Å². The van der Waals surface area contributed by atoms with Crippen LogP contribution in [-0.4, -0.2) is 49.0 Å². The Morgan fingerprint density at radius 3 is 2.83 bits per heavy atom. The zero-order valence-electron chi connectivity index (χ0n) is 16.0. The van der Waals surface area contributed by atoms with Crippen molar-refractivity contribution in [1.29, 1.82) is 0 Å². The molecule has 2 amide bonds. The van der Waals surface area contributed by atoms with Gasteiger partial charge in [0.2, 0.25) is 5.91 Å². The molecule has 0 saturated carbocycles. The summed E-state index contributed by atoms with van der Waals surface area (Å²) >= 11 is 6.15. The van der Waals surface area contributed by atoms with E-state index < -0.39 is 6.10 Å². The van der Waals surface area contributed by atoms with Crippen LogP contribution in [0.25, 0.3) is 0 Å². The maximum absolute atomic E-state index is 13.2. The fraction of sp³-hybridized carbons (Fsp3) is 0.333. The Balaban J connectivity index is 0.00000240. The second-order valence-electron chi connectivity index (χ2n) is 7.01. The Kier molecular flexibility index (Phi) is 6.67. The molecular formula is C21H23Cl2N3O3. The molecule has 6 nitrogen and oxygen atoms in total. The molecule has 0 radical (unpaired) electrons. The van der Waals surface area contributed by atoms with Crippen LogP contribution in [0.15, 0.2) is 48.5 Å². The summed E-state index contributed by atoms with van der Waals surface area (Å²) in [4.78, 5) is 29.3. The molecule has 8 heteroatoms. The van der Waals surface area contributed by atoms with Crippen LogP contribution >= 0.6 is 24.0 Å². The average molecular weight is 436 g/mol. The molecule has 2 atom stereocenters. The molecule has 4 rings (SSSR count). The van der Waals surface area contributed by atoms with Gasteiger partial charge in [0.25, 0.3) is 5.91 Å². The summed E-state index contributed by atoms with van der Waals surface area (Å²) in [6, 6.07) is 14.8. The number of para-hydroxylation sites is 2. The van der Waals surface area contributed by atoms with E-state index in [4.69, 9.17) is 16.3 Å². The molecule has 1 fully saturated rings. The predicted molar refractivity (Wildman–Crippen MR) is 115 cm³/mol. The highest BCUT2D eigenvalue weighted by Crippen LogP contribution is 2.34. The topological polar surface area (TPSA) is 61.9 Å². The number of halogens is 2. The van der Waals surface area contributed by atoms with Gasteiger partial charge < -0.3 is 15.0 Å². The first-order valence-corrected chi connectivity index (χ1v) is 9.75. The van der Waals surface area contributed by atoms with Crippen molar-refractivity contribution >= 4 is 41.5 Å². The molecule has 0 aliphatic carbocycles. The van der Waals surface area contributed by atoms with Gasteiger partial charge in [-0.2, -0.15) is 0 Å². The highest BCUT2D eigenvalue weighted by atomic mass is 35.5.